The van der Waals surface area contributed by atoms with Crippen LogP contribution in [0.3, 0.4) is 0 Å². The average molecular weight is 479 g/mol. The van der Waals surface area contributed by atoms with Crippen LogP contribution in [0.2, 0.25) is 0 Å². The monoisotopic (exact) mass is 479 g/mol. The summed E-state index contributed by atoms with van der Waals surface area (Å²) in [6.45, 7) is 6.40. The number of benzene rings is 2. The number of aromatic nitrogens is 3. The number of nitrogens with one attached hydrogen (secondary N) is 2. The van der Waals surface area contributed by atoms with Crippen LogP contribution in [0.15, 0.2) is 42.5 Å². The highest BCUT2D eigenvalue weighted by Crippen LogP contribution is 2.34. The Labute approximate surface area is 191 Å². The molecule has 3 aromatic rings. The third-order valence-electron chi connectivity index (χ3n) is 4.27. The van der Waals surface area contributed by atoms with Gasteiger partial charge in [-0.25, -0.2) is 18.9 Å². The summed E-state index contributed by atoms with van der Waals surface area (Å²) in [5.41, 5.74) is -1.92. The molecule has 2 N–H and O–H groups in total. The Hall–Kier alpha value is -3.96. The highest BCUT2D eigenvalue weighted by molar-refractivity contribution is 6.04. The van der Waals surface area contributed by atoms with Gasteiger partial charge in [0.25, 0.3) is 5.91 Å². The van der Waals surface area contributed by atoms with Crippen molar-refractivity contribution >= 4 is 23.4 Å². The summed E-state index contributed by atoms with van der Waals surface area (Å²) in [7, 11) is 0. The molecule has 12 heteroatoms. The maximum atomic E-state index is 13.2. The molecule has 0 saturated carbocycles. The van der Waals surface area contributed by atoms with Gasteiger partial charge in [0.05, 0.1) is 22.6 Å². The topological polar surface area (TPSA) is 98.1 Å². The minimum Gasteiger partial charge on any atom is -0.444 e. The second-order valence-corrected chi connectivity index (χ2v) is 8.21. The number of amides is 2. The van der Waals surface area contributed by atoms with E-state index in [1.165, 1.54) is 28.9 Å². The van der Waals surface area contributed by atoms with E-state index in [0.29, 0.717) is 11.8 Å². The van der Waals surface area contributed by atoms with Gasteiger partial charge in [0.1, 0.15) is 17.2 Å². The quantitative estimate of drug-likeness (QED) is 0.493. The number of carbonyl (C=O) groups is 2. The second kappa shape index (κ2) is 9.12. The van der Waals surface area contributed by atoms with E-state index in [1.54, 1.807) is 27.7 Å². The molecule has 0 spiro atoms. The lowest BCUT2D eigenvalue weighted by atomic mass is 10.1. The highest BCUT2D eigenvalue weighted by Gasteiger charge is 2.32. The van der Waals surface area contributed by atoms with E-state index < -0.39 is 35.2 Å². The summed E-state index contributed by atoms with van der Waals surface area (Å²) in [4.78, 5) is 28.9. The molecule has 34 heavy (non-hydrogen) atoms. The first kappa shape index (κ1) is 24.7. The number of anilines is 2. The van der Waals surface area contributed by atoms with E-state index >= 15 is 0 Å². The number of rotatable bonds is 4. The maximum absolute atomic E-state index is 13.2. The fraction of sp³-hybridized carbons (Fsp3) is 0.273. The summed E-state index contributed by atoms with van der Waals surface area (Å²) in [5.74, 6) is -1.44. The van der Waals surface area contributed by atoms with Crippen molar-refractivity contribution in [3.63, 3.8) is 0 Å². The zero-order valence-corrected chi connectivity index (χ0v) is 18.6. The minimum absolute atomic E-state index is 0.120. The lowest BCUT2D eigenvalue weighted by Gasteiger charge is -2.21. The number of ether oxygens (including phenoxy) is 1. The molecule has 0 bridgehead atoms. The zero-order valence-electron chi connectivity index (χ0n) is 18.6. The molecule has 0 atom stereocenters. The minimum atomic E-state index is -4.69. The van der Waals surface area contributed by atoms with E-state index in [1.807, 2.05) is 0 Å². The molecule has 3 rings (SSSR count). The molecule has 2 aromatic carbocycles. The van der Waals surface area contributed by atoms with Crippen LogP contribution in [0.1, 0.15) is 42.8 Å². The summed E-state index contributed by atoms with van der Waals surface area (Å²) < 4.78 is 59.3. The maximum Gasteiger partial charge on any atom is 0.416 e. The zero-order chi connectivity index (χ0) is 25.3. The van der Waals surface area contributed by atoms with Crippen molar-refractivity contribution in [3.05, 3.63) is 65.5 Å². The number of carbonyl (C=O) groups excluding carboxylic acids is 2. The number of hydrogen-bond donors (Lipinski definition) is 2. The smallest absolute Gasteiger partial charge is 0.416 e. The number of alkyl halides is 3. The van der Waals surface area contributed by atoms with Crippen LogP contribution >= 0.6 is 0 Å². The fourth-order valence-corrected chi connectivity index (χ4v) is 2.84. The molecule has 180 valence electrons. The van der Waals surface area contributed by atoms with Crippen LogP contribution in [-0.4, -0.2) is 32.4 Å². The summed E-state index contributed by atoms with van der Waals surface area (Å²) in [5, 5.41) is 8.68. The van der Waals surface area contributed by atoms with Gasteiger partial charge in [-0.2, -0.15) is 13.2 Å². The van der Waals surface area contributed by atoms with Crippen LogP contribution in [0.25, 0.3) is 5.69 Å². The van der Waals surface area contributed by atoms with Crippen molar-refractivity contribution in [2.24, 2.45) is 0 Å². The third kappa shape index (κ3) is 6.09. The standard InChI is InChI=1S/C22H21F4N5O3/c1-12-27-18(30-31(12)15-8-6-14(23)7-9-15)19(32)28-17-11-13(22(24,25)26)5-10-16(17)29-20(33)34-21(2,3)4/h5-11H,1-4H3,(H,28,32)(H,29,33). The van der Waals surface area contributed by atoms with E-state index in [-0.39, 0.29) is 23.0 Å². The van der Waals surface area contributed by atoms with Crippen molar-refractivity contribution in [1.82, 2.24) is 14.8 Å². The molecule has 1 aromatic heterocycles. The number of hydrogen-bond acceptors (Lipinski definition) is 5. The molecule has 0 saturated heterocycles. The lowest BCUT2D eigenvalue weighted by molar-refractivity contribution is -0.137. The van der Waals surface area contributed by atoms with Gasteiger partial charge in [-0.05, 0) is 70.2 Å². The van der Waals surface area contributed by atoms with Crippen molar-refractivity contribution in [2.45, 2.75) is 39.5 Å². The Kier molecular flexibility index (Phi) is 6.62. The molecule has 0 radical (unpaired) electrons. The Balaban J connectivity index is 1.91. The summed E-state index contributed by atoms with van der Waals surface area (Å²) >= 11 is 0. The molecule has 0 unspecified atom stereocenters. The normalized spacial score (nSPS) is 11.8. The van der Waals surface area contributed by atoms with Gasteiger partial charge in [0.15, 0.2) is 0 Å². The summed E-state index contributed by atoms with van der Waals surface area (Å²) in [6.07, 6.45) is -5.61. The van der Waals surface area contributed by atoms with Crippen LogP contribution in [0, 0.1) is 12.7 Å². The van der Waals surface area contributed by atoms with Gasteiger partial charge in [0, 0.05) is 0 Å². The van der Waals surface area contributed by atoms with Crippen LogP contribution in [0.4, 0.5) is 33.7 Å². The molecular weight excluding hydrogens is 458 g/mol. The van der Waals surface area contributed by atoms with Crippen LogP contribution < -0.4 is 10.6 Å². The SMILES string of the molecule is Cc1nc(C(=O)Nc2cc(C(F)(F)F)ccc2NC(=O)OC(C)(C)C)nn1-c1ccc(F)cc1. The molecule has 2 amide bonds. The second-order valence-electron chi connectivity index (χ2n) is 8.21. The first-order chi connectivity index (χ1) is 15.7. The van der Waals surface area contributed by atoms with Gasteiger partial charge in [-0.15, -0.1) is 5.10 Å². The number of nitrogens with zero attached hydrogens (tertiary/aromatic N) is 3. The van der Waals surface area contributed by atoms with E-state index in [4.69, 9.17) is 4.74 Å². The predicted molar refractivity (Wildman–Crippen MR) is 115 cm³/mol. The van der Waals surface area contributed by atoms with Gasteiger partial charge in [-0.1, -0.05) is 0 Å². The first-order valence-corrected chi connectivity index (χ1v) is 9.95. The van der Waals surface area contributed by atoms with Gasteiger partial charge >= 0.3 is 12.3 Å². The molecule has 0 fully saturated rings. The Morgan fingerprint density at radius 3 is 2.21 bits per heavy atom. The van der Waals surface area contributed by atoms with Gasteiger partial charge in [0.2, 0.25) is 5.82 Å². The number of aryl methyl sites for hydroxylation is 1. The predicted octanol–water partition coefficient (Wildman–Crippen LogP) is 5.33. The van der Waals surface area contributed by atoms with Crippen LogP contribution in [-0.2, 0) is 10.9 Å². The fourth-order valence-electron chi connectivity index (χ4n) is 2.84. The average Bonchev–Trinajstić information content (AvgIpc) is 3.09. The Morgan fingerprint density at radius 1 is 0.971 bits per heavy atom. The van der Waals surface area contributed by atoms with E-state index in [2.05, 4.69) is 20.7 Å². The third-order valence-corrected chi connectivity index (χ3v) is 4.27. The highest BCUT2D eigenvalue weighted by atomic mass is 19.4. The largest absolute Gasteiger partial charge is 0.444 e. The molecule has 0 aliphatic heterocycles. The van der Waals surface area contributed by atoms with Gasteiger partial charge < -0.3 is 10.1 Å². The van der Waals surface area contributed by atoms with Crippen molar-refractivity contribution in [1.29, 1.82) is 0 Å². The van der Waals surface area contributed by atoms with E-state index in [0.717, 1.165) is 12.1 Å². The Bertz CT molecular complexity index is 1210. The van der Waals surface area contributed by atoms with Gasteiger partial charge in [-0.3, -0.25) is 10.1 Å². The molecular formula is C22H21F4N5O3. The lowest BCUT2D eigenvalue weighted by Crippen LogP contribution is -2.27. The van der Waals surface area contributed by atoms with Crippen molar-refractivity contribution in [3.8, 4) is 5.69 Å². The van der Waals surface area contributed by atoms with Crippen molar-refractivity contribution in [2.75, 3.05) is 10.6 Å². The Morgan fingerprint density at radius 2 is 1.62 bits per heavy atom. The van der Waals surface area contributed by atoms with Crippen molar-refractivity contribution < 1.29 is 31.9 Å². The summed E-state index contributed by atoms with van der Waals surface area (Å²) in [6, 6.07) is 7.68. The molecule has 8 nitrogen and oxygen atoms in total. The van der Waals surface area contributed by atoms with Crippen LogP contribution in [0.5, 0.6) is 0 Å². The first-order valence-electron chi connectivity index (χ1n) is 9.95. The number of halogens is 4. The molecule has 1 heterocycles. The molecule has 0 aliphatic carbocycles. The van der Waals surface area contributed by atoms with E-state index in [9.17, 15) is 27.2 Å². The molecule has 0 aliphatic rings.